The molecule has 3 heteroatoms. The zero-order valence-corrected chi connectivity index (χ0v) is 10.8. The number of aromatic nitrogens is 2. The third-order valence-electron chi connectivity index (χ3n) is 3.37. The Kier molecular flexibility index (Phi) is 3.05. The van der Waals surface area contributed by atoms with Crippen LogP contribution in [-0.4, -0.2) is 14.9 Å². The van der Waals surface area contributed by atoms with Crippen molar-refractivity contribution in [2.75, 3.05) is 0 Å². The molecule has 1 heterocycles. The first-order chi connectivity index (χ1) is 9.24. The smallest absolute Gasteiger partial charge is 0.102 e. The van der Waals surface area contributed by atoms with Crippen LogP contribution in [0.25, 0.3) is 10.8 Å². The minimum atomic E-state index is -0.563. The van der Waals surface area contributed by atoms with E-state index in [0.717, 1.165) is 11.3 Å². The number of aliphatic hydroxyl groups is 1. The van der Waals surface area contributed by atoms with Crippen LogP contribution in [0.4, 0.5) is 0 Å². The largest absolute Gasteiger partial charge is 0.386 e. The van der Waals surface area contributed by atoms with E-state index in [4.69, 9.17) is 0 Å². The van der Waals surface area contributed by atoms with E-state index in [2.05, 4.69) is 29.4 Å². The van der Waals surface area contributed by atoms with Crippen LogP contribution in [-0.2, 0) is 13.5 Å². The fraction of sp³-hybridized carbons (Fsp3) is 0.188. The molecule has 0 aliphatic rings. The van der Waals surface area contributed by atoms with Crippen molar-refractivity contribution in [3.63, 3.8) is 0 Å². The quantitative estimate of drug-likeness (QED) is 0.778. The van der Waals surface area contributed by atoms with Gasteiger partial charge in [-0.3, -0.25) is 4.68 Å². The summed E-state index contributed by atoms with van der Waals surface area (Å²) in [4.78, 5) is 0. The highest BCUT2D eigenvalue weighted by Gasteiger charge is 2.12. The first kappa shape index (κ1) is 11.9. The Morgan fingerprint density at radius 3 is 2.68 bits per heavy atom. The first-order valence-electron chi connectivity index (χ1n) is 6.38. The van der Waals surface area contributed by atoms with Crippen molar-refractivity contribution in [2.24, 2.45) is 7.05 Å². The zero-order chi connectivity index (χ0) is 13.2. The van der Waals surface area contributed by atoms with Gasteiger partial charge in [0.05, 0.1) is 5.69 Å². The Balaban J connectivity index is 1.93. The average Bonchev–Trinajstić information content (AvgIpc) is 2.86. The van der Waals surface area contributed by atoms with Gasteiger partial charge in [-0.2, -0.15) is 5.10 Å². The zero-order valence-electron chi connectivity index (χ0n) is 10.8. The third kappa shape index (κ3) is 2.37. The van der Waals surface area contributed by atoms with Crippen LogP contribution in [0.3, 0.4) is 0 Å². The lowest BCUT2D eigenvalue weighted by Gasteiger charge is -2.10. The summed E-state index contributed by atoms with van der Waals surface area (Å²) in [5.74, 6) is 0. The van der Waals surface area contributed by atoms with Gasteiger partial charge in [0.1, 0.15) is 6.10 Å². The first-order valence-corrected chi connectivity index (χ1v) is 6.38. The lowest BCUT2D eigenvalue weighted by molar-refractivity contribution is 0.173. The highest BCUT2D eigenvalue weighted by atomic mass is 16.3. The van der Waals surface area contributed by atoms with Crippen LogP contribution < -0.4 is 0 Å². The summed E-state index contributed by atoms with van der Waals surface area (Å²) in [6.45, 7) is 0. The Labute approximate surface area is 112 Å². The molecule has 0 spiro atoms. The molecule has 1 aromatic heterocycles. The molecule has 0 radical (unpaired) electrons. The molecule has 1 N–H and O–H groups in total. The van der Waals surface area contributed by atoms with Crippen LogP contribution in [0.5, 0.6) is 0 Å². The number of fused-ring (bicyclic) bond motifs is 1. The molecule has 1 atom stereocenters. The maximum absolute atomic E-state index is 10.3. The van der Waals surface area contributed by atoms with Crippen molar-refractivity contribution in [1.82, 2.24) is 9.78 Å². The molecule has 96 valence electrons. The van der Waals surface area contributed by atoms with E-state index >= 15 is 0 Å². The van der Waals surface area contributed by atoms with Crippen LogP contribution >= 0.6 is 0 Å². The Bertz CT molecular complexity index is 697. The summed E-state index contributed by atoms with van der Waals surface area (Å²) in [6, 6.07) is 16.3. The van der Waals surface area contributed by atoms with Gasteiger partial charge in [0.2, 0.25) is 0 Å². The lowest BCUT2D eigenvalue weighted by atomic mass is 9.99. The number of aryl methyl sites for hydroxylation is 1. The van der Waals surface area contributed by atoms with Crippen molar-refractivity contribution in [3.05, 3.63) is 66.0 Å². The second kappa shape index (κ2) is 4.86. The molecular formula is C16H16N2O. The lowest BCUT2D eigenvalue weighted by Crippen LogP contribution is -2.04. The summed E-state index contributed by atoms with van der Waals surface area (Å²) < 4.78 is 1.71. The van der Waals surface area contributed by atoms with Gasteiger partial charge in [-0.25, -0.2) is 0 Å². The topological polar surface area (TPSA) is 38.0 Å². The molecule has 1 unspecified atom stereocenters. The maximum atomic E-state index is 10.3. The van der Waals surface area contributed by atoms with E-state index in [0.29, 0.717) is 6.42 Å². The van der Waals surface area contributed by atoms with Gasteiger partial charge in [-0.15, -0.1) is 0 Å². The highest BCUT2D eigenvalue weighted by molar-refractivity contribution is 5.85. The molecule has 2 aromatic carbocycles. The molecule has 0 aliphatic heterocycles. The van der Waals surface area contributed by atoms with E-state index in [9.17, 15) is 5.11 Å². The van der Waals surface area contributed by atoms with Crippen LogP contribution in [0.1, 0.15) is 17.4 Å². The number of hydrogen-bond acceptors (Lipinski definition) is 2. The maximum Gasteiger partial charge on any atom is 0.102 e. The second-order valence-electron chi connectivity index (χ2n) is 4.77. The summed E-state index contributed by atoms with van der Waals surface area (Å²) >= 11 is 0. The summed E-state index contributed by atoms with van der Waals surface area (Å²) in [5.41, 5.74) is 1.87. The van der Waals surface area contributed by atoms with Crippen LogP contribution in [0, 0.1) is 0 Å². The number of aliphatic hydroxyl groups excluding tert-OH is 1. The van der Waals surface area contributed by atoms with E-state index in [1.54, 1.807) is 4.68 Å². The average molecular weight is 252 g/mol. The predicted octanol–water partition coefficient (Wildman–Crippen LogP) is 2.85. The van der Waals surface area contributed by atoms with Crippen molar-refractivity contribution >= 4 is 10.8 Å². The molecule has 0 fully saturated rings. The van der Waals surface area contributed by atoms with Crippen molar-refractivity contribution in [1.29, 1.82) is 0 Å². The number of rotatable bonds is 3. The van der Waals surface area contributed by atoms with Crippen molar-refractivity contribution in [2.45, 2.75) is 12.5 Å². The van der Waals surface area contributed by atoms with E-state index < -0.39 is 6.10 Å². The van der Waals surface area contributed by atoms with Crippen molar-refractivity contribution in [3.8, 4) is 0 Å². The van der Waals surface area contributed by atoms with Crippen LogP contribution in [0.2, 0.25) is 0 Å². The van der Waals surface area contributed by atoms with Gasteiger partial charge in [-0.1, -0.05) is 42.5 Å². The fourth-order valence-electron chi connectivity index (χ4n) is 2.39. The summed E-state index contributed by atoms with van der Waals surface area (Å²) in [7, 11) is 1.86. The highest BCUT2D eigenvalue weighted by Crippen LogP contribution is 2.23. The molecule has 0 aliphatic carbocycles. The molecular weight excluding hydrogens is 236 g/mol. The Morgan fingerprint density at radius 2 is 1.89 bits per heavy atom. The van der Waals surface area contributed by atoms with Gasteiger partial charge in [0.15, 0.2) is 0 Å². The second-order valence-corrected chi connectivity index (χ2v) is 4.77. The fourth-order valence-corrected chi connectivity index (χ4v) is 2.39. The molecule has 19 heavy (non-hydrogen) atoms. The standard InChI is InChI=1S/C16H16N2O/c1-18-10-9-15(17-18)16(19)11-13-7-4-6-12-5-2-3-8-14(12)13/h2-10,16,19H,11H2,1H3. The molecule has 3 nitrogen and oxygen atoms in total. The van der Waals surface area contributed by atoms with Gasteiger partial charge >= 0.3 is 0 Å². The monoisotopic (exact) mass is 252 g/mol. The molecule has 3 aromatic rings. The normalized spacial score (nSPS) is 12.7. The van der Waals surface area contributed by atoms with E-state index in [1.165, 1.54) is 10.8 Å². The number of hydrogen-bond donors (Lipinski definition) is 1. The van der Waals surface area contributed by atoms with Gasteiger partial charge < -0.3 is 5.11 Å². The van der Waals surface area contributed by atoms with E-state index in [1.807, 2.05) is 37.5 Å². The molecule has 0 saturated carbocycles. The molecule has 0 saturated heterocycles. The predicted molar refractivity (Wildman–Crippen MR) is 75.8 cm³/mol. The van der Waals surface area contributed by atoms with Gasteiger partial charge in [-0.05, 0) is 22.4 Å². The number of benzene rings is 2. The minimum absolute atomic E-state index is 0.563. The Morgan fingerprint density at radius 1 is 1.11 bits per heavy atom. The van der Waals surface area contributed by atoms with E-state index in [-0.39, 0.29) is 0 Å². The van der Waals surface area contributed by atoms with Gasteiger partial charge in [0, 0.05) is 19.7 Å². The molecule has 0 bridgehead atoms. The Hall–Kier alpha value is -2.13. The SMILES string of the molecule is Cn1ccc(C(O)Cc2cccc3ccccc23)n1. The van der Waals surface area contributed by atoms with Gasteiger partial charge in [0.25, 0.3) is 0 Å². The van der Waals surface area contributed by atoms with Crippen LogP contribution in [0.15, 0.2) is 54.7 Å². The molecule has 0 amide bonds. The third-order valence-corrected chi connectivity index (χ3v) is 3.37. The number of nitrogens with zero attached hydrogens (tertiary/aromatic N) is 2. The summed E-state index contributed by atoms with van der Waals surface area (Å²) in [5, 5.41) is 16.9. The minimum Gasteiger partial charge on any atom is -0.386 e. The van der Waals surface area contributed by atoms with Crippen molar-refractivity contribution < 1.29 is 5.11 Å². The summed E-state index contributed by atoms with van der Waals surface area (Å²) in [6.07, 6.45) is 1.87. The molecule has 3 rings (SSSR count).